The van der Waals surface area contributed by atoms with Crippen LogP contribution in [0.15, 0.2) is 0 Å². The molecule has 0 radical (unpaired) electrons. The molecule has 0 spiro atoms. The summed E-state index contributed by atoms with van der Waals surface area (Å²) in [4.78, 5) is 0. The van der Waals surface area contributed by atoms with Gasteiger partial charge < -0.3 is 14.7 Å². The monoisotopic (exact) mass is 595 g/mol. The van der Waals surface area contributed by atoms with Gasteiger partial charge >= 0.3 is 7.32 Å². The van der Waals surface area contributed by atoms with Crippen LogP contribution < -0.4 is 0 Å². The maximum Gasteiger partial charge on any atom is 0.633 e. The van der Waals surface area contributed by atoms with Gasteiger partial charge in [-0.3, -0.25) is 0 Å². The number of rotatable bonds is 38. The first-order chi connectivity index (χ1) is 20.8. The molecule has 4 heteroatoms. The average Bonchev–Trinajstić information content (AvgIpc) is 2.98. The van der Waals surface area contributed by atoms with Gasteiger partial charge in [-0.2, -0.15) is 0 Å². The van der Waals surface area contributed by atoms with Gasteiger partial charge in [0.15, 0.2) is 0 Å². The number of hydrogen-bond donors (Lipinski definition) is 2. The summed E-state index contributed by atoms with van der Waals surface area (Å²) < 4.78 is 4.73. The van der Waals surface area contributed by atoms with Crippen molar-refractivity contribution in [3.05, 3.63) is 0 Å². The Morgan fingerprint density at radius 3 is 0.619 bits per heavy atom. The molecule has 0 aliphatic heterocycles. The highest BCUT2D eigenvalue weighted by Crippen LogP contribution is 2.17. The van der Waals surface area contributed by atoms with Crippen molar-refractivity contribution in [3.63, 3.8) is 0 Å². The van der Waals surface area contributed by atoms with Gasteiger partial charge in [-0.05, 0) is 6.42 Å². The molecule has 42 heavy (non-hydrogen) atoms. The molecule has 0 aliphatic carbocycles. The highest BCUT2D eigenvalue weighted by atomic mass is 16.6. The van der Waals surface area contributed by atoms with Gasteiger partial charge in [-0.1, -0.05) is 232 Å². The third-order valence-electron chi connectivity index (χ3n) is 9.26. The first-order valence-electron chi connectivity index (χ1n) is 19.7. The van der Waals surface area contributed by atoms with Crippen molar-refractivity contribution in [2.24, 2.45) is 0 Å². The Morgan fingerprint density at radius 1 is 0.286 bits per heavy atom. The van der Waals surface area contributed by atoms with E-state index in [0.29, 0.717) is 6.61 Å². The molecule has 0 unspecified atom stereocenters. The molecule has 0 heterocycles. The van der Waals surface area contributed by atoms with Crippen LogP contribution >= 0.6 is 0 Å². The Hall–Kier alpha value is -0.0551. The van der Waals surface area contributed by atoms with Gasteiger partial charge in [-0.15, -0.1) is 0 Å². The summed E-state index contributed by atoms with van der Waals surface area (Å²) in [5, 5.41) is 17.2. The maximum absolute atomic E-state index is 8.61. The molecule has 3 nitrogen and oxygen atoms in total. The Bertz CT molecular complexity index is 460. The van der Waals surface area contributed by atoms with Crippen LogP contribution in [0.1, 0.15) is 238 Å². The molecule has 0 rings (SSSR count). The second-order valence-electron chi connectivity index (χ2n) is 13.6. The zero-order valence-corrected chi connectivity index (χ0v) is 29.0. The number of unbranched alkanes of at least 4 members (excludes halogenated alkanes) is 35. The van der Waals surface area contributed by atoms with Crippen molar-refractivity contribution in [3.8, 4) is 0 Å². The fourth-order valence-electron chi connectivity index (χ4n) is 6.37. The summed E-state index contributed by atoms with van der Waals surface area (Å²) in [5.74, 6) is 0. The molecule has 0 saturated carbocycles. The van der Waals surface area contributed by atoms with Crippen molar-refractivity contribution in [2.45, 2.75) is 238 Å². The van der Waals surface area contributed by atoms with Crippen LogP contribution in [0.5, 0.6) is 0 Å². The van der Waals surface area contributed by atoms with Crippen LogP contribution in [-0.4, -0.2) is 24.0 Å². The minimum atomic E-state index is -1.60. The largest absolute Gasteiger partial charge is 0.633 e. The molecule has 0 bridgehead atoms. The van der Waals surface area contributed by atoms with E-state index < -0.39 is 7.32 Å². The molecule has 0 aliphatic rings. The first kappa shape index (κ1) is 41.9. The van der Waals surface area contributed by atoms with Crippen molar-refractivity contribution in [2.75, 3.05) is 6.61 Å². The smallest absolute Gasteiger partial charge is 0.402 e. The SMILES string of the molecule is CCCCCCCCCCCCCCCCCCCCCCCCCCCCCCCCCCCCCCOB(O)O. The lowest BCUT2D eigenvalue weighted by atomic mass is 10.0. The number of hydrogen-bond acceptors (Lipinski definition) is 3. The lowest BCUT2D eigenvalue weighted by Crippen LogP contribution is -2.17. The van der Waals surface area contributed by atoms with Crippen LogP contribution in [0.25, 0.3) is 0 Å². The van der Waals surface area contributed by atoms with Gasteiger partial charge in [-0.25, -0.2) is 0 Å². The summed E-state index contributed by atoms with van der Waals surface area (Å²) in [6.45, 7) is 2.76. The standard InChI is InChI=1S/C38H79BO3/c1-2-3-4-5-6-7-8-9-10-11-12-13-14-15-16-17-18-19-20-21-22-23-24-25-26-27-28-29-30-31-32-33-34-35-36-37-38-42-39(40)41/h40-41H,2-38H2,1H3. The normalized spacial score (nSPS) is 11.5. The molecule has 0 saturated heterocycles. The summed E-state index contributed by atoms with van der Waals surface area (Å²) in [7, 11) is -1.60. The lowest BCUT2D eigenvalue weighted by Gasteiger charge is -2.05. The van der Waals surface area contributed by atoms with E-state index in [1.807, 2.05) is 0 Å². The zero-order chi connectivity index (χ0) is 30.4. The average molecular weight is 595 g/mol. The molecular weight excluding hydrogens is 515 g/mol. The van der Waals surface area contributed by atoms with Crippen LogP contribution in [0.3, 0.4) is 0 Å². The quantitative estimate of drug-likeness (QED) is 0.0552. The predicted molar refractivity (Wildman–Crippen MR) is 188 cm³/mol. The highest BCUT2D eigenvalue weighted by molar-refractivity contribution is 6.32. The van der Waals surface area contributed by atoms with E-state index in [9.17, 15) is 0 Å². The van der Waals surface area contributed by atoms with Crippen LogP contribution in [0, 0.1) is 0 Å². The van der Waals surface area contributed by atoms with E-state index >= 15 is 0 Å². The predicted octanol–water partition coefficient (Wildman–Crippen LogP) is 13.0. The molecule has 252 valence electrons. The molecule has 0 fully saturated rings. The Morgan fingerprint density at radius 2 is 0.452 bits per heavy atom. The van der Waals surface area contributed by atoms with Gasteiger partial charge in [0.1, 0.15) is 0 Å². The Kier molecular flexibility index (Phi) is 38.9. The summed E-state index contributed by atoms with van der Waals surface area (Å²) in [6, 6.07) is 0. The van der Waals surface area contributed by atoms with Gasteiger partial charge in [0.25, 0.3) is 0 Å². The topological polar surface area (TPSA) is 49.7 Å². The Labute approximate surface area is 266 Å². The molecule has 0 aromatic rings. The third-order valence-corrected chi connectivity index (χ3v) is 9.26. The molecule has 0 aromatic carbocycles. The molecule has 2 N–H and O–H groups in total. The zero-order valence-electron chi connectivity index (χ0n) is 29.0. The summed E-state index contributed by atoms with van der Waals surface area (Å²) in [6.07, 6.45) is 51.2. The van der Waals surface area contributed by atoms with Crippen molar-refractivity contribution >= 4 is 7.32 Å². The first-order valence-corrected chi connectivity index (χ1v) is 19.7. The summed E-state index contributed by atoms with van der Waals surface area (Å²) >= 11 is 0. The van der Waals surface area contributed by atoms with Crippen molar-refractivity contribution in [1.82, 2.24) is 0 Å². The van der Waals surface area contributed by atoms with Crippen molar-refractivity contribution < 1.29 is 14.7 Å². The third kappa shape index (κ3) is 39.9. The maximum atomic E-state index is 8.61. The second-order valence-corrected chi connectivity index (χ2v) is 13.6. The van der Waals surface area contributed by atoms with E-state index in [4.69, 9.17) is 14.7 Å². The van der Waals surface area contributed by atoms with E-state index in [1.54, 1.807) is 0 Å². The summed E-state index contributed by atoms with van der Waals surface area (Å²) in [5.41, 5.74) is 0. The van der Waals surface area contributed by atoms with Crippen LogP contribution in [-0.2, 0) is 4.65 Å². The van der Waals surface area contributed by atoms with E-state index in [1.165, 1.54) is 218 Å². The molecular formula is C38H79BO3. The van der Waals surface area contributed by atoms with E-state index in [0.717, 1.165) is 12.8 Å². The second kappa shape index (κ2) is 39.0. The Balaban J connectivity index is 3.03. The van der Waals surface area contributed by atoms with Gasteiger partial charge in [0.2, 0.25) is 0 Å². The van der Waals surface area contributed by atoms with Crippen LogP contribution in [0.2, 0.25) is 0 Å². The molecule has 0 aromatic heterocycles. The van der Waals surface area contributed by atoms with E-state index in [-0.39, 0.29) is 0 Å². The van der Waals surface area contributed by atoms with Crippen molar-refractivity contribution in [1.29, 1.82) is 0 Å². The minimum Gasteiger partial charge on any atom is -0.402 e. The highest BCUT2D eigenvalue weighted by Gasteiger charge is 2.06. The van der Waals surface area contributed by atoms with Gasteiger partial charge in [0.05, 0.1) is 0 Å². The van der Waals surface area contributed by atoms with Crippen LogP contribution in [0.4, 0.5) is 0 Å². The van der Waals surface area contributed by atoms with Gasteiger partial charge in [0, 0.05) is 6.61 Å². The van der Waals surface area contributed by atoms with E-state index in [2.05, 4.69) is 6.92 Å². The minimum absolute atomic E-state index is 0.456. The molecule has 0 atom stereocenters. The fraction of sp³-hybridized carbons (Fsp3) is 1.00. The lowest BCUT2D eigenvalue weighted by molar-refractivity contribution is 0.182. The fourth-order valence-corrected chi connectivity index (χ4v) is 6.37. The molecule has 0 amide bonds.